The molecule has 4 nitrogen and oxygen atoms in total. The molecule has 1 atom stereocenters. The van der Waals surface area contributed by atoms with E-state index in [1.807, 2.05) is 0 Å². The molecule has 15 heavy (non-hydrogen) atoms. The van der Waals surface area contributed by atoms with Gasteiger partial charge in [-0.05, 0) is 17.7 Å². The second-order valence-electron chi connectivity index (χ2n) is 3.20. The molecule has 82 valence electrons. The lowest BCUT2D eigenvalue weighted by Crippen LogP contribution is -2.40. The molecule has 0 aromatic heterocycles. The summed E-state index contributed by atoms with van der Waals surface area (Å²) in [7, 11) is 0. The number of hydrogen-bond acceptors (Lipinski definition) is 3. The van der Waals surface area contributed by atoms with Gasteiger partial charge >= 0.3 is 5.97 Å². The maximum atomic E-state index is 12.5. The lowest BCUT2D eigenvalue weighted by atomic mass is 10.2. The summed E-state index contributed by atoms with van der Waals surface area (Å²) in [5.41, 5.74) is 6.17. The van der Waals surface area contributed by atoms with Crippen molar-refractivity contribution in [1.82, 2.24) is 5.32 Å². The molecular formula is C10H13FN2O2. The highest BCUT2D eigenvalue weighted by Gasteiger charge is 2.09. The van der Waals surface area contributed by atoms with E-state index in [-0.39, 0.29) is 12.4 Å². The normalized spacial score (nSPS) is 12.4. The van der Waals surface area contributed by atoms with E-state index in [1.165, 1.54) is 12.1 Å². The second kappa shape index (κ2) is 5.43. The minimum absolute atomic E-state index is 0.187. The van der Waals surface area contributed by atoms with Gasteiger partial charge in [0.05, 0.1) is 0 Å². The number of carboxylic acid groups (broad SMARTS) is 1. The first-order valence-corrected chi connectivity index (χ1v) is 4.53. The lowest BCUT2D eigenvalue weighted by molar-refractivity contribution is -0.138. The molecule has 4 N–H and O–H groups in total. The standard InChI is InChI=1S/C10H13FN2O2/c11-8-3-1-7(2-4-8)5-13-6-9(12)10(14)15/h1-4,9,13H,5-6,12H2,(H,14,15). The highest BCUT2D eigenvalue weighted by atomic mass is 19.1. The Morgan fingerprint density at radius 2 is 2.07 bits per heavy atom. The molecule has 0 aliphatic rings. The van der Waals surface area contributed by atoms with Gasteiger partial charge in [0, 0.05) is 13.1 Å². The smallest absolute Gasteiger partial charge is 0.321 e. The third kappa shape index (κ3) is 4.05. The highest BCUT2D eigenvalue weighted by Crippen LogP contribution is 2.01. The van der Waals surface area contributed by atoms with Crippen molar-refractivity contribution >= 4 is 5.97 Å². The first-order valence-electron chi connectivity index (χ1n) is 4.53. The topological polar surface area (TPSA) is 75.3 Å². The lowest BCUT2D eigenvalue weighted by Gasteiger charge is -2.08. The van der Waals surface area contributed by atoms with Crippen LogP contribution in [0.3, 0.4) is 0 Å². The zero-order valence-electron chi connectivity index (χ0n) is 8.11. The Hall–Kier alpha value is -1.46. The number of rotatable bonds is 5. The fourth-order valence-electron chi connectivity index (χ4n) is 1.06. The van der Waals surface area contributed by atoms with Crippen molar-refractivity contribution in [1.29, 1.82) is 0 Å². The molecule has 0 saturated carbocycles. The summed E-state index contributed by atoms with van der Waals surface area (Å²) in [6.45, 7) is 0.661. The van der Waals surface area contributed by atoms with Gasteiger partial charge in [-0.2, -0.15) is 0 Å². The Bertz CT molecular complexity index is 327. The van der Waals surface area contributed by atoms with E-state index in [2.05, 4.69) is 5.32 Å². The minimum atomic E-state index is -1.04. The molecule has 0 aliphatic carbocycles. The number of hydrogen-bond donors (Lipinski definition) is 3. The van der Waals surface area contributed by atoms with Crippen LogP contribution in [0.25, 0.3) is 0 Å². The van der Waals surface area contributed by atoms with Crippen molar-refractivity contribution in [2.75, 3.05) is 6.54 Å². The Kier molecular flexibility index (Phi) is 4.20. The summed E-state index contributed by atoms with van der Waals surface area (Å²) in [6.07, 6.45) is 0. The van der Waals surface area contributed by atoms with Crippen LogP contribution in [0.15, 0.2) is 24.3 Å². The van der Waals surface area contributed by atoms with Crippen LogP contribution in [0.2, 0.25) is 0 Å². The van der Waals surface area contributed by atoms with Crippen molar-refractivity contribution in [2.24, 2.45) is 5.73 Å². The van der Waals surface area contributed by atoms with Gasteiger partial charge < -0.3 is 16.2 Å². The maximum Gasteiger partial charge on any atom is 0.321 e. The van der Waals surface area contributed by atoms with Gasteiger partial charge in [0.25, 0.3) is 0 Å². The van der Waals surface area contributed by atoms with E-state index in [0.717, 1.165) is 5.56 Å². The first-order chi connectivity index (χ1) is 7.09. The Labute approximate surface area is 86.9 Å². The quantitative estimate of drug-likeness (QED) is 0.657. The molecule has 0 radical (unpaired) electrons. The zero-order chi connectivity index (χ0) is 11.3. The summed E-state index contributed by atoms with van der Waals surface area (Å²) in [6, 6.07) is 5.07. The fraction of sp³-hybridized carbons (Fsp3) is 0.300. The van der Waals surface area contributed by atoms with Crippen LogP contribution in [-0.2, 0) is 11.3 Å². The van der Waals surface area contributed by atoms with E-state index in [1.54, 1.807) is 12.1 Å². The van der Waals surface area contributed by atoms with E-state index in [9.17, 15) is 9.18 Å². The largest absolute Gasteiger partial charge is 0.480 e. The van der Waals surface area contributed by atoms with E-state index in [0.29, 0.717) is 6.54 Å². The van der Waals surface area contributed by atoms with Gasteiger partial charge in [0.2, 0.25) is 0 Å². The Morgan fingerprint density at radius 3 is 2.60 bits per heavy atom. The number of benzene rings is 1. The average molecular weight is 212 g/mol. The van der Waals surface area contributed by atoms with Crippen LogP contribution >= 0.6 is 0 Å². The zero-order valence-corrected chi connectivity index (χ0v) is 8.11. The van der Waals surface area contributed by atoms with Gasteiger partial charge in [0.15, 0.2) is 0 Å². The van der Waals surface area contributed by atoms with Crippen LogP contribution in [-0.4, -0.2) is 23.7 Å². The third-order valence-corrected chi connectivity index (χ3v) is 1.92. The van der Waals surface area contributed by atoms with Gasteiger partial charge in [-0.15, -0.1) is 0 Å². The first kappa shape index (κ1) is 11.6. The van der Waals surface area contributed by atoms with Crippen molar-refractivity contribution in [3.8, 4) is 0 Å². The number of carbonyl (C=O) groups is 1. The van der Waals surface area contributed by atoms with E-state index < -0.39 is 12.0 Å². The molecule has 0 heterocycles. The highest BCUT2D eigenvalue weighted by molar-refractivity contribution is 5.73. The number of carboxylic acids is 1. The summed E-state index contributed by atoms with van der Waals surface area (Å²) < 4.78 is 12.5. The second-order valence-corrected chi connectivity index (χ2v) is 3.20. The molecule has 0 saturated heterocycles. The number of aliphatic carboxylic acids is 1. The van der Waals surface area contributed by atoms with Crippen molar-refractivity contribution in [3.63, 3.8) is 0 Å². The number of nitrogens with two attached hydrogens (primary N) is 1. The molecule has 0 bridgehead atoms. The molecule has 5 heteroatoms. The fourth-order valence-corrected chi connectivity index (χ4v) is 1.06. The summed E-state index contributed by atoms with van der Waals surface area (Å²) in [5.74, 6) is -1.33. The molecule has 0 spiro atoms. The van der Waals surface area contributed by atoms with Crippen molar-refractivity contribution < 1.29 is 14.3 Å². The van der Waals surface area contributed by atoms with E-state index >= 15 is 0 Å². The van der Waals surface area contributed by atoms with Crippen molar-refractivity contribution in [2.45, 2.75) is 12.6 Å². The van der Waals surface area contributed by atoms with Crippen LogP contribution < -0.4 is 11.1 Å². The molecule has 0 amide bonds. The predicted molar refractivity (Wildman–Crippen MR) is 53.7 cm³/mol. The van der Waals surface area contributed by atoms with E-state index in [4.69, 9.17) is 10.8 Å². The van der Waals surface area contributed by atoms with Gasteiger partial charge in [-0.25, -0.2) is 4.39 Å². The predicted octanol–water partition coefficient (Wildman–Crippen LogP) is 0.327. The Balaban J connectivity index is 2.32. The number of nitrogens with one attached hydrogen (secondary N) is 1. The van der Waals surface area contributed by atoms with Crippen LogP contribution in [0.4, 0.5) is 4.39 Å². The van der Waals surface area contributed by atoms with Gasteiger partial charge in [0.1, 0.15) is 11.9 Å². The third-order valence-electron chi connectivity index (χ3n) is 1.92. The maximum absolute atomic E-state index is 12.5. The van der Waals surface area contributed by atoms with Gasteiger partial charge in [-0.3, -0.25) is 4.79 Å². The Morgan fingerprint density at radius 1 is 1.47 bits per heavy atom. The van der Waals surface area contributed by atoms with Gasteiger partial charge in [-0.1, -0.05) is 12.1 Å². The van der Waals surface area contributed by atoms with Crippen LogP contribution in [0.1, 0.15) is 5.56 Å². The molecule has 1 aromatic carbocycles. The summed E-state index contributed by atoms with van der Waals surface area (Å²) in [5, 5.41) is 11.4. The molecule has 1 aromatic rings. The molecule has 0 aliphatic heterocycles. The molecular weight excluding hydrogens is 199 g/mol. The summed E-state index contributed by atoms with van der Waals surface area (Å²) in [4.78, 5) is 10.4. The molecule has 1 rings (SSSR count). The van der Waals surface area contributed by atoms with Crippen LogP contribution in [0.5, 0.6) is 0 Å². The molecule has 1 unspecified atom stereocenters. The number of halogens is 1. The monoisotopic (exact) mass is 212 g/mol. The minimum Gasteiger partial charge on any atom is -0.480 e. The summed E-state index contributed by atoms with van der Waals surface area (Å²) >= 11 is 0. The molecule has 0 fully saturated rings. The SMILES string of the molecule is NC(CNCc1ccc(F)cc1)C(=O)O. The van der Waals surface area contributed by atoms with Crippen LogP contribution in [0, 0.1) is 5.82 Å². The van der Waals surface area contributed by atoms with Crippen molar-refractivity contribution in [3.05, 3.63) is 35.6 Å². The average Bonchev–Trinajstić information content (AvgIpc) is 2.20.